The third kappa shape index (κ3) is 5.68. The van der Waals surface area contributed by atoms with E-state index in [9.17, 15) is 0 Å². The van der Waals surface area contributed by atoms with Gasteiger partial charge in [0.1, 0.15) is 0 Å². The fourth-order valence-electron chi connectivity index (χ4n) is 0.914. The van der Waals surface area contributed by atoms with Gasteiger partial charge in [-0.1, -0.05) is 29.8 Å². The Morgan fingerprint density at radius 3 is 2.27 bits per heavy atom. The van der Waals surface area contributed by atoms with Crippen LogP contribution in [0.15, 0.2) is 0 Å². The largest absolute Gasteiger partial charge is 0.304 e. The first kappa shape index (κ1) is 11.4. The molecule has 2 heteroatoms. The summed E-state index contributed by atoms with van der Waals surface area (Å²) in [6, 6.07) is 0.723. The Morgan fingerprint density at radius 2 is 1.91 bits per heavy atom. The topological polar surface area (TPSA) is 3.24 Å². The molecule has 0 aromatic heterocycles. The molecular weight excluding hydrogens is 202 g/mol. The minimum Gasteiger partial charge on any atom is -0.304 e. The van der Waals surface area contributed by atoms with E-state index in [0.717, 1.165) is 6.04 Å². The second-order valence-corrected chi connectivity index (χ2v) is 4.87. The van der Waals surface area contributed by atoms with Crippen molar-refractivity contribution >= 4 is 15.9 Å². The Bertz CT molecular complexity index is 93.6. The van der Waals surface area contributed by atoms with Crippen molar-refractivity contribution in [2.75, 3.05) is 13.6 Å². The molecule has 0 saturated heterocycles. The lowest BCUT2D eigenvalue weighted by Crippen LogP contribution is -2.30. The molecule has 0 aromatic rings. The van der Waals surface area contributed by atoms with Gasteiger partial charge in [-0.2, -0.15) is 0 Å². The fraction of sp³-hybridized carbons (Fsp3) is 1.00. The molecule has 0 N–H and O–H groups in total. The van der Waals surface area contributed by atoms with Gasteiger partial charge < -0.3 is 4.90 Å². The van der Waals surface area contributed by atoms with Crippen molar-refractivity contribution in [3.63, 3.8) is 0 Å². The number of nitrogens with zero attached hydrogens (tertiary/aromatic N) is 1. The molecule has 0 spiro atoms. The maximum absolute atomic E-state index is 3.55. The molecule has 0 aromatic carbocycles. The van der Waals surface area contributed by atoms with E-state index >= 15 is 0 Å². The van der Waals surface area contributed by atoms with Crippen LogP contribution in [0.1, 0.15) is 33.6 Å². The monoisotopic (exact) mass is 221 g/mol. The molecule has 0 aliphatic rings. The van der Waals surface area contributed by atoms with Crippen LogP contribution in [-0.2, 0) is 0 Å². The van der Waals surface area contributed by atoms with Crippen LogP contribution in [0.2, 0.25) is 0 Å². The van der Waals surface area contributed by atoms with Gasteiger partial charge in [0.25, 0.3) is 0 Å². The van der Waals surface area contributed by atoms with Crippen LogP contribution < -0.4 is 0 Å². The molecule has 2 unspecified atom stereocenters. The van der Waals surface area contributed by atoms with Crippen molar-refractivity contribution in [1.82, 2.24) is 4.90 Å². The maximum Gasteiger partial charge on any atom is 0.0129 e. The molecule has 0 rings (SSSR count). The molecular formula is C9H20BrN. The molecule has 0 amide bonds. The summed E-state index contributed by atoms with van der Waals surface area (Å²) in [5.74, 6) is 0. The smallest absolute Gasteiger partial charge is 0.0129 e. The summed E-state index contributed by atoms with van der Waals surface area (Å²) in [7, 11) is 2.20. The quantitative estimate of drug-likeness (QED) is 0.646. The third-order valence-corrected chi connectivity index (χ3v) is 2.68. The molecule has 0 saturated carbocycles. The molecule has 11 heavy (non-hydrogen) atoms. The Morgan fingerprint density at radius 1 is 1.36 bits per heavy atom. The van der Waals surface area contributed by atoms with E-state index in [1.807, 2.05) is 0 Å². The summed E-state index contributed by atoms with van der Waals surface area (Å²) in [5.41, 5.74) is 0. The molecule has 0 heterocycles. The Labute approximate surface area is 79.3 Å². The Hall–Kier alpha value is 0.440. The van der Waals surface area contributed by atoms with Gasteiger partial charge in [0.2, 0.25) is 0 Å². The molecule has 0 bridgehead atoms. The van der Waals surface area contributed by atoms with Gasteiger partial charge in [-0.3, -0.25) is 0 Å². The number of hydrogen-bond acceptors (Lipinski definition) is 1. The van der Waals surface area contributed by atoms with Crippen molar-refractivity contribution < 1.29 is 0 Å². The first-order valence-corrected chi connectivity index (χ1v) is 5.33. The van der Waals surface area contributed by atoms with E-state index < -0.39 is 0 Å². The van der Waals surface area contributed by atoms with Crippen LogP contribution in [0.4, 0.5) is 0 Å². The van der Waals surface area contributed by atoms with Crippen molar-refractivity contribution in [3.05, 3.63) is 0 Å². The maximum atomic E-state index is 3.55. The van der Waals surface area contributed by atoms with Gasteiger partial charge in [-0.15, -0.1) is 0 Å². The van der Waals surface area contributed by atoms with E-state index in [-0.39, 0.29) is 0 Å². The Kier molecular flexibility index (Phi) is 6.25. The summed E-state index contributed by atoms with van der Waals surface area (Å²) in [4.78, 5) is 3.06. The van der Waals surface area contributed by atoms with E-state index in [4.69, 9.17) is 0 Å². The van der Waals surface area contributed by atoms with Crippen molar-refractivity contribution in [1.29, 1.82) is 0 Å². The zero-order chi connectivity index (χ0) is 8.85. The zero-order valence-electron chi connectivity index (χ0n) is 8.10. The summed E-state index contributed by atoms with van der Waals surface area (Å²) in [6.45, 7) is 7.91. The summed E-state index contributed by atoms with van der Waals surface area (Å²) < 4.78 is 0. The summed E-state index contributed by atoms with van der Waals surface area (Å²) in [5, 5.41) is 0. The Balaban J connectivity index is 3.43. The first-order chi connectivity index (χ1) is 5.07. The van der Waals surface area contributed by atoms with Crippen molar-refractivity contribution in [2.45, 2.75) is 44.5 Å². The fourth-order valence-corrected chi connectivity index (χ4v) is 1.12. The second-order valence-electron chi connectivity index (χ2n) is 3.31. The van der Waals surface area contributed by atoms with Crippen molar-refractivity contribution in [3.8, 4) is 0 Å². The lowest BCUT2D eigenvalue weighted by atomic mass is 10.2. The number of rotatable bonds is 5. The highest BCUT2D eigenvalue weighted by Crippen LogP contribution is 2.06. The summed E-state index contributed by atoms with van der Waals surface area (Å²) in [6.07, 6.45) is 2.48. The highest BCUT2D eigenvalue weighted by molar-refractivity contribution is 9.09. The molecule has 2 atom stereocenters. The van der Waals surface area contributed by atoms with Crippen LogP contribution in [-0.4, -0.2) is 29.4 Å². The standard InChI is InChI=1S/C9H20BrN/c1-5-9(3)11(4)7-6-8(2)10/h8-9H,5-7H2,1-4H3. The SMILES string of the molecule is CCC(C)N(C)CCC(C)Br. The lowest BCUT2D eigenvalue weighted by molar-refractivity contribution is 0.250. The normalized spacial score (nSPS) is 16.9. The second kappa shape index (κ2) is 6.01. The highest BCUT2D eigenvalue weighted by Gasteiger charge is 2.06. The molecule has 0 aliphatic carbocycles. The average molecular weight is 222 g/mol. The summed E-state index contributed by atoms with van der Waals surface area (Å²) >= 11 is 3.55. The zero-order valence-corrected chi connectivity index (χ0v) is 9.69. The van der Waals surface area contributed by atoms with E-state index in [2.05, 4.69) is 48.6 Å². The number of halogens is 1. The molecule has 0 aliphatic heterocycles. The number of hydrogen-bond donors (Lipinski definition) is 0. The van der Waals surface area contributed by atoms with Crippen molar-refractivity contribution in [2.24, 2.45) is 0 Å². The predicted molar refractivity (Wildman–Crippen MR) is 55.4 cm³/mol. The van der Waals surface area contributed by atoms with E-state index in [0.29, 0.717) is 4.83 Å². The number of alkyl halides is 1. The molecule has 68 valence electrons. The molecule has 0 fully saturated rings. The predicted octanol–water partition coefficient (Wildman–Crippen LogP) is 2.89. The van der Waals surface area contributed by atoms with Crippen LogP contribution in [0.25, 0.3) is 0 Å². The average Bonchev–Trinajstić information content (AvgIpc) is 1.98. The highest BCUT2D eigenvalue weighted by atomic mass is 79.9. The van der Waals surface area contributed by atoms with E-state index in [1.165, 1.54) is 19.4 Å². The van der Waals surface area contributed by atoms with Gasteiger partial charge >= 0.3 is 0 Å². The van der Waals surface area contributed by atoms with Gasteiger partial charge in [0, 0.05) is 10.9 Å². The van der Waals surface area contributed by atoms with E-state index in [1.54, 1.807) is 0 Å². The van der Waals surface area contributed by atoms with Gasteiger partial charge in [-0.05, 0) is 33.4 Å². The van der Waals surface area contributed by atoms with Crippen LogP contribution in [0.5, 0.6) is 0 Å². The third-order valence-electron chi connectivity index (χ3n) is 2.22. The first-order valence-electron chi connectivity index (χ1n) is 4.42. The van der Waals surface area contributed by atoms with Crippen LogP contribution in [0, 0.1) is 0 Å². The van der Waals surface area contributed by atoms with Gasteiger partial charge in [0.05, 0.1) is 0 Å². The minimum absolute atomic E-state index is 0.647. The molecule has 1 nitrogen and oxygen atoms in total. The van der Waals surface area contributed by atoms with Gasteiger partial charge in [0.15, 0.2) is 0 Å². The molecule has 0 radical (unpaired) electrons. The van der Waals surface area contributed by atoms with Crippen LogP contribution in [0.3, 0.4) is 0 Å². The van der Waals surface area contributed by atoms with Gasteiger partial charge in [-0.25, -0.2) is 0 Å². The van der Waals surface area contributed by atoms with Crippen LogP contribution >= 0.6 is 15.9 Å². The lowest BCUT2D eigenvalue weighted by Gasteiger charge is -2.23. The minimum atomic E-state index is 0.647.